The molecule has 4 unspecified atom stereocenters. The monoisotopic (exact) mass is 529 g/mol. The predicted molar refractivity (Wildman–Crippen MR) is 137 cm³/mol. The molecule has 0 saturated heterocycles. The van der Waals surface area contributed by atoms with Crippen molar-refractivity contribution in [2.24, 2.45) is 39.6 Å². The van der Waals surface area contributed by atoms with E-state index in [-0.39, 0.29) is 31.3 Å². The average molecular weight is 530 g/mol. The van der Waals surface area contributed by atoms with Crippen LogP contribution >= 0.6 is 0 Å². The molecule has 0 saturated carbocycles. The van der Waals surface area contributed by atoms with Crippen molar-refractivity contribution in [1.29, 1.82) is 0 Å². The van der Waals surface area contributed by atoms with Gasteiger partial charge in [-0.25, -0.2) is 4.79 Å². The maximum absolute atomic E-state index is 13.1. The van der Waals surface area contributed by atoms with Gasteiger partial charge in [0, 0.05) is 6.54 Å². The van der Waals surface area contributed by atoms with Crippen LogP contribution in [0.1, 0.15) is 58.8 Å². The first-order valence-electron chi connectivity index (χ1n) is 12.2. The van der Waals surface area contributed by atoms with Crippen LogP contribution in [-0.4, -0.2) is 77.9 Å². The van der Waals surface area contributed by atoms with Crippen molar-refractivity contribution in [3.63, 3.8) is 0 Å². The molecule has 4 atom stereocenters. The number of carboxylic acids is 1. The number of carboxylic acid groups (broad SMARTS) is 1. The van der Waals surface area contributed by atoms with E-state index in [9.17, 15) is 29.1 Å². The molecule has 0 aliphatic heterocycles. The van der Waals surface area contributed by atoms with E-state index < -0.39 is 60.2 Å². The molecule has 0 radical (unpaired) electrons. The summed E-state index contributed by atoms with van der Waals surface area (Å²) in [6.07, 6.45) is 1.38. The number of hydrogen-bond donors (Lipinski definition) is 9. The van der Waals surface area contributed by atoms with E-state index in [0.29, 0.717) is 32.2 Å². The number of carbonyl (C=O) groups is 5. The van der Waals surface area contributed by atoms with E-state index in [1.165, 1.54) is 0 Å². The van der Waals surface area contributed by atoms with Crippen LogP contribution in [0.3, 0.4) is 0 Å². The SMILES string of the molecule is CC(C)CC(N)C(=O)NC(CCCN=C(N)N)C(=O)NC(CCCCN)C(=O)NC(CC(N)=O)C(=O)O. The molecule has 0 aliphatic rings. The highest BCUT2D eigenvalue weighted by atomic mass is 16.4. The molecule has 4 amide bonds. The first-order valence-corrected chi connectivity index (χ1v) is 12.2. The largest absolute Gasteiger partial charge is 0.480 e. The van der Waals surface area contributed by atoms with Gasteiger partial charge in [0.2, 0.25) is 23.6 Å². The highest BCUT2D eigenvalue weighted by molar-refractivity contribution is 5.94. The fourth-order valence-electron chi connectivity index (χ4n) is 3.37. The lowest BCUT2D eigenvalue weighted by molar-refractivity contribution is -0.143. The van der Waals surface area contributed by atoms with E-state index in [1.54, 1.807) is 0 Å². The van der Waals surface area contributed by atoms with Gasteiger partial charge in [0.05, 0.1) is 12.5 Å². The Bertz CT molecular complexity index is 802. The summed E-state index contributed by atoms with van der Waals surface area (Å²) < 4.78 is 0. The minimum absolute atomic E-state index is 0.121. The Balaban J connectivity index is 5.65. The molecule has 0 aliphatic carbocycles. The average Bonchev–Trinajstić information content (AvgIpc) is 2.78. The van der Waals surface area contributed by atoms with Crippen molar-refractivity contribution in [2.75, 3.05) is 13.1 Å². The highest BCUT2D eigenvalue weighted by Gasteiger charge is 2.30. The number of primary amides is 1. The zero-order chi connectivity index (χ0) is 28.5. The zero-order valence-corrected chi connectivity index (χ0v) is 21.6. The van der Waals surface area contributed by atoms with Gasteiger partial charge in [-0.3, -0.25) is 24.2 Å². The van der Waals surface area contributed by atoms with E-state index >= 15 is 0 Å². The molecule has 0 rings (SSSR count). The van der Waals surface area contributed by atoms with Gasteiger partial charge in [-0.1, -0.05) is 13.8 Å². The Labute approximate surface area is 216 Å². The first-order chi connectivity index (χ1) is 17.3. The Morgan fingerprint density at radius 3 is 1.78 bits per heavy atom. The van der Waals surface area contributed by atoms with Crippen LogP contribution in [0.5, 0.6) is 0 Å². The summed E-state index contributed by atoms with van der Waals surface area (Å²) in [6.45, 7) is 4.35. The molecular formula is C22H43N9O6. The van der Waals surface area contributed by atoms with Crippen LogP contribution in [0.25, 0.3) is 0 Å². The molecule has 37 heavy (non-hydrogen) atoms. The van der Waals surface area contributed by atoms with Crippen molar-refractivity contribution in [1.82, 2.24) is 16.0 Å². The number of nitrogens with one attached hydrogen (secondary N) is 3. The standard InChI is InChI=1S/C22H43N9O6/c1-12(2)10-13(24)18(33)29-15(7-5-9-28-22(26)27)19(34)30-14(6-3-4-8-23)20(35)31-16(21(36)37)11-17(25)32/h12-16H,3-11,23-24H2,1-2H3,(H2,25,32)(H,29,33)(H,30,34)(H,31,35)(H,36,37)(H4,26,27,28). The van der Waals surface area contributed by atoms with Crippen LogP contribution in [0.4, 0.5) is 0 Å². The molecule has 0 fully saturated rings. The van der Waals surface area contributed by atoms with Crippen molar-refractivity contribution in [3.8, 4) is 0 Å². The van der Waals surface area contributed by atoms with Gasteiger partial charge in [-0.05, 0) is 51.0 Å². The predicted octanol–water partition coefficient (Wildman–Crippen LogP) is -3.04. The summed E-state index contributed by atoms with van der Waals surface area (Å²) in [5, 5.41) is 16.7. The molecule has 0 bridgehead atoms. The third-order valence-corrected chi connectivity index (χ3v) is 5.24. The van der Waals surface area contributed by atoms with E-state index in [2.05, 4.69) is 20.9 Å². The number of hydrogen-bond acceptors (Lipinski definition) is 8. The van der Waals surface area contributed by atoms with Crippen molar-refractivity contribution in [3.05, 3.63) is 0 Å². The lowest BCUT2D eigenvalue weighted by atomic mass is 10.0. The van der Waals surface area contributed by atoms with Gasteiger partial charge in [0.15, 0.2) is 5.96 Å². The maximum Gasteiger partial charge on any atom is 0.326 e. The lowest BCUT2D eigenvalue weighted by Crippen LogP contribution is -2.57. The third kappa shape index (κ3) is 15.3. The summed E-state index contributed by atoms with van der Waals surface area (Å²) in [4.78, 5) is 65.1. The summed E-state index contributed by atoms with van der Waals surface area (Å²) in [6, 6.07) is -4.63. The number of guanidine groups is 1. The number of nitrogens with two attached hydrogens (primary N) is 5. The van der Waals surface area contributed by atoms with E-state index in [1.807, 2.05) is 13.8 Å². The summed E-state index contributed by atoms with van der Waals surface area (Å²) in [7, 11) is 0. The number of rotatable bonds is 19. The lowest BCUT2D eigenvalue weighted by Gasteiger charge is -2.25. The fraction of sp³-hybridized carbons (Fsp3) is 0.727. The molecule has 14 N–H and O–H groups in total. The van der Waals surface area contributed by atoms with E-state index in [0.717, 1.165) is 0 Å². The van der Waals surface area contributed by atoms with Crippen molar-refractivity contribution in [2.45, 2.75) is 83.0 Å². The molecule has 0 spiro atoms. The number of nitrogens with zero attached hydrogens (tertiary/aromatic N) is 1. The topological polar surface area (TPSA) is 284 Å². The maximum atomic E-state index is 13.1. The van der Waals surface area contributed by atoms with Crippen molar-refractivity contribution < 1.29 is 29.1 Å². The normalized spacial score (nSPS) is 14.1. The minimum Gasteiger partial charge on any atom is -0.480 e. The molecular weight excluding hydrogens is 486 g/mol. The van der Waals surface area contributed by atoms with Crippen molar-refractivity contribution >= 4 is 35.6 Å². The van der Waals surface area contributed by atoms with Gasteiger partial charge in [-0.2, -0.15) is 0 Å². The third-order valence-electron chi connectivity index (χ3n) is 5.24. The molecule has 0 aromatic heterocycles. The summed E-state index contributed by atoms with van der Waals surface area (Å²) in [5.74, 6) is -4.38. The van der Waals surface area contributed by atoms with Gasteiger partial charge in [0.25, 0.3) is 0 Å². The minimum atomic E-state index is -1.57. The highest BCUT2D eigenvalue weighted by Crippen LogP contribution is 2.07. The second-order valence-corrected chi connectivity index (χ2v) is 9.16. The van der Waals surface area contributed by atoms with Crippen LogP contribution in [-0.2, 0) is 24.0 Å². The Morgan fingerprint density at radius 1 is 0.811 bits per heavy atom. The van der Waals surface area contributed by atoms with Gasteiger partial charge < -0.3 is 49.7 Å². The quantitative estimate of drug-likeness (QED) is 0.0463. The fourth-order valence-corrected chi connectivity index (χ4v) is 3.37. The van der Waals surface area contributed by atoms with Crippen LogP contribution < -0.4 is 44.6 Å². The van der Waals surface area contributed by atoms with Crippen LogP contribution in [0, 0.1) is 5.92 Å². The van der Waals surface area contributed by atoms with Gasteiger partial charge in [0.1, 0.15) is 18.1 Å². The van der Waals surface area contributed by atoms with E-state index in [4.69, 9.17) is 28.7 Å². The van der Waals surface area contributed by atoms with Crippen LogP contribution in [0.15, 0.2) is 4.99 Å². The Morgan fingerprint density at radius 2 is 1.32 bits per heavy atom. The second-order valence-electron chi connectivity index (χ2n) is 9.16. The molecule has 15 heteroatoms. The summed E-state index contributed by atoms with van der Waals surface area (Å²) >= 11 is 0. The number of aliphatic carboxylic acids is 1. The number of amides is 4. The molecule has 15 nitrogen and oxygen atoms in total. The summed E-state index contributed by atoms with van der Waals surface area (Å²) in [5.41, 5.74) is 27.2. The Hall–Kier alpha value is -3.46. The first kappa shape index (κ1) is 33.5. The molecule has 0 aromatic rings. The number of unbranched alkanes of at least 4 members (excludes halogenated alkanes) is 1. The second kappa shape index (κ2) is 17.9. The Kier molecular flexibility index (Phi) is 16.2. The number of carbonyl (C=O) groups excluding carboxylic acids is 4. The van der Waals surface area contributed by atoms with Gasteiger partial charge >= 0.3 is 5.97 Å². The molecule has 212 valence electrons. The van der Waals surface area contributed by atoms with Crippen LogP contribution in [0.2, 0.25) is 0 Å². The number of aliphatic imine (C=N–C) groups is 1. The van der Waals surface area contributed by atoms with Gasteiger partial charge in [-0.15, -0.1) is 0 Å². The zero-order valence-electron chi connectivity index (χ0n) is 21.6. The smallest absolute Gasteiger partial charge is 0.326 e. The molecule has 0 aromatic carbocycles. The molecule has 0 heterocycles.